The van der Waals surface area contributed by atoms with Gasteiger partial charge < -0.3 is 10.6 Å². The van der Waals surface area contributed by atoms with Crippen LogP contribution in [0.25, 0.3) is 0 Å². The Balaban J connectivity index is 2.01. The lowest BCUT2D eigenvalue weighted by atomic mass is 10.1. The van der Waals surface area contributed by atoms with E-state index < -0.39 is 11.8 Å². The third kappa shape index (κ3) is 4.19. The van der Waals surface area contributed by atoms with Crippen LogP contribution in [-0.4, -0.2) is 11.8 Å². The largest absolute Gasteiger partial charge is 0.344 e. The smallest absolute Gasteiger partial charge is 0.313 e. The van der Waals surface area contributed by atoms with Crippen molar-refractivity contribution in [1.29, 1.82) is 0 Å². The van der Waals surface area contributed by atoms with E-state index in [1.165, 1.54) is 0 Å². The van der Waals surface area contributed by atoms with Gasteiger partial charge in [0.2, 0.25) is 0 Å². The summed E-state index contributed by atoms with van der Waals surface area (Å²) < 4.78 is 0. The molecule has 0 unspecified atom stereocenters. The Morgan fingerprint density at radius 1 is 0.870 bits per heavy atom. The molecule has 0 heterocycles. The summed E-state index contributed by atoms with van der Waals surface area (Å²) >= 11 is 0. The van der Waals surface area contributed by atoms with Crippen molar-refractivity contribution in [2.75, 3.05) is 5.32 Å². The Bertz CT molecular complexity index is 723. The third-order valence-corrected chi connectivity index (χ3v) is 3.89. The molecule has 0 fully saturated rings. The Morgan fingerprint density at radius 2 is 1.52 bits per heavy atom. The fraction of sp³-hybridized carbons (Fsp3) is 0.263. The highest BCUT2D eigenvalue weighted by Gasteiger charge is 2.16. The van der Waals surface area contributed by atoms with Gasteiger partial charge in [-0.05, 0) is 42.5 Å². The molecule has 120 valence electrons. The molecule has 2 N–H and O–H groups in total. The second kappa shape index (κ2) is 7.58. The van der Waals surface area contributed by atoms with E-state index in [9.17, 15) is 9.59 Å². The van der Waals surface area contributed by atoms with Gasteiger partial charge in [-0.25, -0.2) is 0 Å². The molecule has 2 aromatic carbocycles. The molecule has 0 aromatic heterocycles. The lowest BCUT2D eigenvalue weighted by Gasteiger charge is -2.13. The predicted octanol–water partition coefficient (Wildman–Crippen LogP) is 3.12. The average Bonchev–Trinajstić information content (AvgIpc) is 2.55. The van der Waals surface area contributed by atoms with E-state index >= 15 is 0 Å². The van der Waals surface area contributed by atoms with Gasteiger partial charge in [0.15, 0.2) is 0 Å². The Hall–Kier alpha value is -2.62. The number of amides is 2. The first-order valence-electron chi connectivity index (χ1n) is 7.75. The van der Waals surface area contributed by atoms with E-state index in [-0.39, 0.29) is 0 Å². The van der Waals surface area contributed by atoms with Gasteiger partial charge in [-0.15, -0.1) is 0 Å². The Kier molecular flexibility index (Phi) is 5.52. The predicted molar refractivity (Wildman–Crippen MR) is 92.2 cm³/mol. The van der Waals surface area contributed by atoms with Crippen LogP contribution in [0.1, 0.15) is 29.2 Å². The lowest BCUT2D eigenvalue weighted by Crippen LogP contribution is -2.35. The number of benzene rings is 2. The normalized spacial score (nSPS) is 10.2. The summed E-state index contributed by atoms with van der Waals surface area (Å²) in [6.45, 7) is 6.25. The van der Waals surface area contributed by atoms with Gasteiger partial charge in [-0.2, -0.15) is 0 Å². The Labute approximate surface area is 136 Å². The van der Waals surface area contributed by atoms with Crippen molar-refractivity contribution in [2.45, 2.75) is 33.7 Å². The number of anilines is 1. The summed E-state index contributed by atoms with van der Waals surface area (Å²) in [6.07, 6.45) is 0.794. The van der Waals surface area contributed by atoms with Gasteiger partial charge >= 0.3 is 11.8 Å². The van der Waals surface area contributed by atoms with Gasteiger partial charge in [-0.1, -0.05) is 49.4 Å². The number of para-hydroxylation sites is 1. The third-order valence-electron chi connectivity index (χ3n) is 3.89. The summed E-state index contributed by atoms with van der Waals surface area (Å²) in [7, 11) is 0. The fourth-order valence-electron chi connectivity index (χ4n) is 2.44. The van der Waals surface area contributed by atoms with Crippen LogP contribution >= 0.6 is 0 Å². The van der Waals surface area contributed by atoms with E-state index in [1.807, 2.05) is 63.2 Å². The van der Waals surface area contributed by atoms with E-state index in [0.717, 1.165) is 34.4 Å². The number of nitrogens with one attached hydrogen (secondary N) is 2. The first-order chi connectivity index (χ1) is 11.0. The molecule has 0 saturated heterocycles. The molecule has 2 rings (SSSR count). The summed E-state index contributed by atoms with van der Waals surface area (Å²) in [6, 6.07) is 13.6. The quantitative estimate of drug-likeness (QED) is 0.853. The molecule has 0 aliphatic heterocycles. The van der Waals surface area contributed by atoms with Gasteiger partial charge in [0.1, 0.15) is 0 Å². The molecule has 0 bridgehead atoms. The van der Waals surface area contributed by atoms with Crippen LogP contribution in [0.2, 0.25) is 0 Å². The molecule has 0 radical (unpaired) electrons. The molecule has 0 saturated carbocycles. The van der Waals surface area contributed by atoms with Crippen LogP contribution in [0.15, 0.2) is 42.5 Å². The van der Waals surface area contributed by atoms with Crippen molar-refractivity contribution in [3.63, 3.8) is 0 Å². The monoisotopic (exact) mass is 310 g/mol. The standard InChI is InChI=1S/C19H22N2O2/c1-4-15-11-7-9-14(3)17(15)21-19(23)18(22)20-12-16-10-6-5-8-13(16)2/h5-11H,4,12H2,1-3H3,(H,20,22)(H,21,23). The van der Waals surface area contributed by atoms with Crippen LogP contribution in [0.3, 0.4) is 0 Å². The van der Waals surface area contributed by atoms with Crippen LogP contribution in [0.5, 0.6) is 0 Å². The number of hydrogen-bond donors (Lipinski definition) is 2. The molecule has 0 aliphatic rings. The van der Waals surface area contributed by atoms with Crippen molar-refractivity contribution in [1.82, 2.24) is 5.32 Å². The maximum absolute atomic E-state index is 12.1. The van der Waals surface area contributed by atoms with Crippen molar-refractivity contribution in [2.24, 2.45) is 0 Å². The maximum atomic E-state index is 12.1. The first-order valence-corrected chi connectivity index (χ1v) is 7.75. The highest BCUT2D eigenvalue weighted by molar-refractivity contribution is 6.39. The number of hydrogen-bond acceptors (Lipinski definition) is 2. The Morgan fingerprint density at radius 3 is 2.22 bits per heavy atom. The molecule has 4 nitrogen and oxygen atoms in total. The van der Waals surface area contributed by atoms with Gasteiger partial charge in [-0.3, -0.25) is 9.59 Å². The number of rotatable bonds is 4. The van der Waals surface area contributed by atoms with E-state index in [1.54, 1.807) is 0 Å². The minimum Gasteiger partial charge on any atom is -0.344 e. The number of aryl methyl sites for hydroxylation is 3. The molecule has 4 heteroatoms. The van der Waals surface area contributed by atoms with Crippen molar-refractivity contribution in [3.05, 3.63) is 64.7 Å². The van der Waals surface area contributed by atoms with E-state index in [0.29, 0.717) is 6.54 Å². The van der Waals surface area contributed by atoms with Crippen molar-refractivity contribution < 1.29 is 9.59 Å². The van der Waals surface area contributed by atoms with Crippen LogP contribution in [-0.2, 0) is 22.6 Å². The lowest BCUT2D eigenvalue weighted by molar-refractivity contribution is -0.136. The highest BCUT2D eigenvalue weighted by atomic mass is 16.2. The maximum Gasteiger partial charge on any atom is 0.313 e. The second-order valence-corrected chi connectivity index (χ2v) is 5.53. The number of carbonyl (C=O) groups is 2. The zero-order chi connectivity index (χ0) is 16.8. The van der Waals surface area contributed by atoms with Crippen LogP contribution < -0.4 is 10.6 Å². The summed E-state index contributed by atoms with van der Waals surface area (Å²) in [5, 5.41) is 5.40. The second-order valence-electron chi connectivity index (χ2n) is 5.53. The molecule has 23 heavy (non-hydrogen) atoms. The fourth-order valence-corrected chi connectivity index (χ4v) is 2.44. The zero-order valence-electron chi connectivity index (χ0n) is 13.8. The molecule has 0 atom stereocenters. The van der Waals surface area contributed by atoms with Crippen LogP contribution in [0.4, 0.5) is 5.69 Å². The van der Waals surface area contributed by atoms with E-state index in [2.05, 4.69) is 10.6 Å². The highest BCUT2D eigenvalue weighted by Crippen LogP contribution is 2.20. The first kappa shape index (κ1) is 16.7. The molecule has 2 amide bonds. The zero-order valence-corrected chi connectivity index (χ0v) is 13.8. The van der Waals surface area contributed by atoms with Gasteiger partial charge in [0.25, 0.3) is 0 Å². The molecule has 0 aliphatic carbocycles. The number of carbonyl (C=O) groups excluding carboxylic acids is 2. The van der Waals surface area contributed by atoms with Gasteiger partial charge in [0.05, 0.1) is 0 Å². The minimum atomic E-state index is -0.636. The summed E-state index contributed by atoms with van der Waals surface area (Å²) in [5.41, 5.74) is 4.78. The molecule has 0 spiro atoms. The summed E-state index contributed by atoms with van der Waals surface area (Å²) in [4.78, 5) is 24.1. The molecular formula is C19H22N2O2. The van der Waals surface area contributed by atoms with Crippen LogP contribution in [0, 0.1) is 13.8 Å². The minimum absolute atomic E-state index is 0.341. The topological polar surface area (TPSA) is 58.2 Å². The van der Waals surface area contributed by atoms with E-state index in [4.69, 9.17) is 0 Å². The van der Waals surface area contributed by atoms with Gasteiger partial charge in [0, 0.05) is 12.2 Å². The molecular weight excluding hydrogens is 288 g/mol. The van der Waals surface area contributed by atoms with Crippen molar-refractivity contribution >= 4 is 17.5 Å². The summed E-state index contributed by atoms with van der Waals surface area (Å²) in [5.74, 6) is -1.26. The SMILES string of the molecule is CCc1cccc(C)c1NC(=O)C(=O)NCc1ccccc1C. The molecule has 2 aromatic rings. The van der Waals surface area contributed by atoms with Crippen molar-refractivity contribution in [3.8, 4) is 0 Å². The average molecular weight is 310 g/mol.